The Balaban J connectivity index is 3.59. The number of hydrogen-bond donors (Lipinski definition) is 1. The highest BCUT2D eigenvalue weighted by Gasteiger charge is 2.07. The highest BCUT2D eigenvalue weighted by atomic mass is 16.3. The van der Waals surface area contributed by atoms with E-state index in [1.807, 2.05) is 13.0 Å². The van der Waals surface area contributed by atoms with Crippen LogP contribution in [-0.2, 0) is 0 Å². The van der Waals surface area contributed by atoms with Gasteiger partial charge >= 0.3 is 0 Å². The summed E-state index contributed by atoms with van der Waals surface area (Å²) in [7, 11) is 0. The lowest BCUT2D eigenvalue weighted by Gasteiger charge is -2.15. The Morgan fingerprint density at radius 2 is 2.00 bits per heavy atom. The molecule has 0 aliphatic rings. The molecular formula is C12H24O. The molecule has 0 saturated carbocycles. The highest BCUT2D eigenvalue weighted by Crippen LogP contribution is 2.19. The smallest absolute Gasteiger partial charge is 0.0512 e. The molecule has 0 aromatic rings. The Labute approximate surface area is 82.9 Å². The molecule has 0 aliphatic carbocycles. The Bertz CT molecular complexity index is 118. The maximum atomic E-state index is 9.17. The van der Waals surface area contributed by atoms with Crippen LogP contribution < -0.4 is 0 Å². The van der Waals surface area contributed by atoms with E-state index in [9.17, 15) is 0 Å². The van der Waals surface area contributed by atoms with Gasteiger partial charge in [-0.2, -0.15) is 0 Å². The van der Waals surface area contributed by atoms with Crippen LogP contribution in [0.2, 0.25) is 0 Å². The first kappa shape index (κ1) is 12.7. The van der Waals surface area contributed by atoms with Gasteiger partial charge in [-0.3, -0.25) is 0 Å². The summed E-state index contributed by atoms with van der Waals surface area (Å²) in [6.07, 6.45) is 8.89. The van der Waals surface area contributed by atoms with Crippen molar-refractivity contribution in [3.8, 4) is 0 Å². The molecule has 0 amide bonds. The van der Waals surface area contributed by atoms with Crippen molar-refractivity contribution >= 4 is 0 Å². The fraction of sp³-hybridized carbons (Fsp3) is 0.833. The quantitative estimate of drug-likeness (QED) is 0.572. The predicted octanol–water partition coefficient (Wildman–Crippen LogP) is 3.53. The maximum Gasteiger partial charge on any atom is 0.0512 e. The zero-order valence-electron chi connectivity index (χ0n) is 9.13. The second kappa shape index (κ2) is 8.31. The van der Waals surface area contributed by atoms with Gasteiger partial charge in [0.15, 0.2) is 0 Å². The summed E-state index contributed by atoms with van der Waals surface area (Å²) >= 11 is 0. The van der Waals surface area contributed by atoms with E-state index in [0.717, 1.165) is 25.2 Å². The Hall–Kier alpha value is -0.300. The molecular weight excluding hydrogens is 160 g/mol. The van der Waals surface area contributed by atoms with Crippen molar-refractivity contribution in [1.29, 1.82) is 0 Å². The van der Waals surface area contributed by atoms with Crippen LogP contribution in [0.25, 0.3) is 0 Å². The molecule has 0 saturated heterocycles. The standard InChI is InChI=1S/C12H24O/c1-4-6-8-12(7-5-2)10-9-11(3)13/h5,11-13H,2,4,6-10H2,1,3H3. The van der Waals surface area contributed by atoms with E-state index in [1.54, 1.807) is 0 Å². The number of rotatable bonds is 8. The second-order valence-electron chi connectivity index (χ2n) is 3.96. The van der Waals surface area contributed by atoms with Gasteiger partial charge in [0.2, 0.25) is 0 Å². The van der Waals surface area contributed by atoms with Gasteiger partial charge in [-0.25, -0.2) is 0 Å². The van der Waals surface area contributed by atoms with Gasteiger partial charge in [0.1, 0.15) is 0 Å². The van der Waals surface area contributed by atoms with Crippen LogP contribution in [0.15, 0.2) is 12.7 Å². The van der Waals surface area contributed by atoms with E-state index in [2.05, 4.69) is 13.5 Å². The van der Waals surface area contributed by atoms with Gasteiger partial charge in [-0.15, -0.1) is 6.58 Å². The van der Waals surface area contributed by atoms with Crippen molar-refractivity contribution in [3.05, 3.63) is 12.7 Å². The van der Waals surface area contributed by atoms with Gasteiger partial charge < -0.3 is 5.11 Å². The van der Waals surface area contributed by atoms with Gasteiger partial charge in [-0.1, -0.05) is 32.3 Å². The fourth-order valence-electron chi connectivity index (χ4n) is 1.59. The first-order valence-electron chi connectivity index (χ1n) is 5.49. The van der Waals surface area contributed by atoms with Crippen LogP contribution >= 0.6 is 0 Å². The summed E-state index contributed by atoms with van der Waals surface area (Å²) < 4.78 is 0. The molecule has 1 N–H and O–H groups in total. The van der Waals surface area contributed by atoms with E-state index in [4.69, 9.17) is 5.11 Å². The average Bonchev–Trinajstić information content (AvgIpc) is 2.09. The molecule has 0 heterocycles. The molecule has 2 unspecified atom stereocenters. The van der Waals surface area contributed by atoms with E-state index >= 15 is 0 Å². The summed E-state index contributed by atoms with van der Waals surface area (Å²) in [6, 6.07) is 0. The normalized spacial score (nSPS) is 15.3. The van der Waals surface area contributed by atoms with E-state index in [1.165, 1.54) is 19.3 Å². The van der Waals surface area contributed by atoms with Crippen LogP contribution in [0.4, 0.5) is 0 Å². The van der Waals surface area contributed by atoms with Crippen molar-refractivity contribution in [1.82, 2.24) is 0 Å². The third-order valence-electron chi connectivity index (χ3n) is 2.46. The van der Waals surface area contributed by atoms with Gasteiger partial charge in [0.05, 0.1) is 6.10 Å². The molecule has 0 aromatic carbocycles. The number of aliphatic hydroxyl groups is 1. The topological polar surface area (TPSA) is 20.2 Å². The monoisotopic (exact) mass is 184 g/mol. The first-order chi connectivity index (χ1) is 6.20. The Morgan fingerprint density at radius 1 is 1.31 bits per heavy atom. The highest BCUT2D eigenvalue weighted by molar-refractivity contribution is 4.73. The Morgan fingerprint density at radius 3 is 2.46 bits per heavy atom. The molecule has 2 atom stereocenters. The van der Waals surface area contributed by atoms with E-state index in [-0.39, 0.29) is 6.10 Å². The molecule has 78 valence electrons. The Kier molecular flexibility index (Phi) is 8.11. The summed E-state index contributed by atoms with van der Waals surface area (Å²) in [5.41, 5.74) is 0. The van der Waals surface area contributed by atoms with Crippen LogP contribution in [0.1, 0.15) is 52.4 Å². The van der Waals surface area contributed by atoms with Gasteiger partial charge in [-0.05, 0) is 32.1 Å². The third kappa shape index (κ3) is 8.04. The van der Waals surface area contributed by atoms with Crippen LogP contribution in [-0.4, -0.2) is 11.2 Å². The summed E-state index contributed by atoms with van der Waals surface area (Å²) in [6.45, 7) is 7.86. The minimum Gasteiger partial charge on any atom is -0.393 e. The number of unbranched alkanes of at least 4 members (excludes halogenated alkanes) is 1. The van der Waals surface area contributed by atoms with Crippen molar-refractivity contribution in [2.75, 3.05) is 0 Å². The van der Waals surface area contributed by atoms with Crippen molar-refractivity contribution in [2.24, 2.45) is 5.92 Å². The van der Waals surface area contributed by atoms with Gasteiger partial charge in [0.25, 0.3) is 0 Å². The zero-order chi connectivity index (χ0) is 10.1. The molecule has 1 heteroatoms. The summed E-state index contributed by atoms with van der Waals surface area (Å²) in [5, 5.41) is 9.17. The minimum atomic E-state index is -0.144. The summed E-state index contributed by atoms with van der Waals surface area (Å²) in [5.74, 6) is 0.743. The molecule has 0 aromatic heterocycles. The average molecular weight is 184 g/mol. The lowest BCUT2D eigenvalue weighted by Crippen LogP contribution is -2.05. The lowest BCUT2D eigenvalue weighted by molar-refractivity contribution is 0.172. The lowest BCUT2D eigenvalue weighted by atomic mass is 9.92. The van der Waals surface area contributed by atoms with E-state index in [0.29, 0.717) is 0 Å². The van der Waals surface area contributed by atoms with E-state index < -0.39 is 0 Å². The molecule has 0 bridgehead atoms. The molecule has 0 spiro atoms. The summed E-state index contributed by atoms with van der Waals surface area (Å²) in [4.78, 5) is 0. The largest absolute Gasteiger partial charge is 0.393 e. The number of hydrogen-bond acceptors (Lipinski definition) is 1. The minimum absolute atomic E-state index is 0.144. The van der Waals surface area contributed by atoms with Crippen molar-refractivity contribution < 1.29 is 5.11 Å². The molecule has 1 nitrogen and oxygen atoms in total. The number of allylic oxidation sites excluding steroid dienone is 1. The molecule has 0 aliphatic heterocycles. The maximum absolute atomic E-state index is 9.17. The van der Waals surface area contributed by atoms with Crippen molar-refractivity contribution in [2.45, 2.75) is 58.5 Å². The molecule has 0 rings (SSSR count). The van der Waals surface area contributed by atoms with Crippen molar-refractivity contribution in [3.63, 3.8) is 0 Å². The third-order valence-corrected chi connectivity index (χ3v) is 2.46. The van der Waals surface area contributed by atoms with Crippen LogP contribution in [0.5, 0.6) is 0 Å². The molecule has 0 fully saturated rings. The van der Waals surface area contributed by atoms with Crippen LogP contribution in [0, 0.1) is 5.92 Å². The number of aliphatic hydroxyl groups excluding tert-OH is 1. The SMILES string of the molecule is C=CCC(CCCC)CCC(C)O. The van der Waals surface area contributed by atoms with Gasteiger partial charge in [0, 0.05) is 0 Å². The first-order valence-corrected chi connectivity index (χ1v) is 5.49. The predicted molar refractivity (Wildman–Crippen MR) is 58.7 cm³/mol. The fourth-order valence-corrected chi connectivity index (χ4v) is 1.59. The second-order valence-corrected chi connectivity index (χ2v) is 3.96. The molecule has 0 radical (unpaired) electrons. The van der Waals surface area contributed by atoms with Crippen LogP contribution in [0.3, 0.4) is 0 Å². The zero-order valence-corrected chi connectivity index (χ0v) is 9.13. The molecule has 13 heavy (non-hydrogen) atoms.